The molecule has 17 heavy (non-hydrogen) atoms. The first-order valence-corrected chi connectivity index (χ1v) is 5.03. The number of halogens is 1. The van der Waals surface area contributed by atoms with Crippen LogP contribution in [0.3, 0.4) is 0 Å². The molecule has 0 saturated carbocycles. The number of carbonyl (C=O) groups excluding carboxylic acids is 1. The summed E-state index contributed by atoms with van der Waals surface area (Å²) in [5.41, 5.74) is -0.763. The monoisotopic (exact) mass is 238 g/mol. The highest BCUT2D eigenvalue weighted by atomic mass is 19.1. The van der Waals surface area contributed by atoms with Gasteiger partial charge in [-0.3, -0.25) is 14.9 Å². The molecule has 0 saturated heterocycles. The molecule has 0 bridgehead atoms. The Labute approximate surface area is 97.0 Å². The highest BCUT2D eigenvalue weighted by molar-refractivity contribution is 6.09. The number of fused-ring (bicyclic) bond motifs is 1. The smallest absolute Gasteiger partial charge is 0.296 e. The number of benzene rings is 1. The fourth-order valence-electron chi connectivity index (χ4n) is 2.19. The highest BCUT2D eigenvalue weighted by Gasteiger charge is 2.46. The Morgan fingerprint density at radius 3 is 2.53 bits per heavy atom. The maximum atomic E-state index is 13.3. The van der Waals surface area contributed by atoms with Crippen molar-refractivity contribution in [3.05, 3.63) is 33.6 Å². The van der Waals surface area contributed by atoms with Gasteiger partial charge in [-0.15, -0.1) is 0 Å². The van der Waals surface area contributed by atoms with Gasteiger partial charge in [-0.25, -0.2) is 4.39 Å². The number of nitro benzene ring substituents is 1. The van der Waals surface area contributed by atoms with Crippen molar-refractivity contribution in [1.29, 1.82) is 0 Å². The number of hydrogen-bond acceptors (Lipinski definition) is 3. The van der Waals surface area contributed by atoms with Gasteiger partial charge < -0.3 is 4.90 Å². The number of amides is 1. The third-order valence-corrected chi connectivity index (χ3v) is 3.10. The molecule has 2 rings (SSSR count). The largest absolute Gasteiger partial charge is 0.309 e. The van der Waals surface area contributed by atoms with Gasteiger partial charge in [0, 0.05) is 12.6 Å². The van der Waals surface area contributed by atoms with Gasteiger partial charge in [-0.05, 0) is 19.9 Å². The summed E-state index contributed by atoms with van der Waals surface area (Å²) in [5.74, 6) is -0.979. The SMILES string of the molecule is CN1C(=O)C(C)(C)c2cc(F)cc([N+](=O)[O-])c21. The van der Waals surface area contributed by atoms with E-state index in [4.69, 9.17) is 0 Å². The van der Waals surface area contributed by atoms with Gasteiger partial charge >= 0.3 is 0 Å². The highest BCUT2D eigenvalue weighted by Crippen LogP contribution is 2.46. The Morgan fingerprint density at radius 1 is 1.41 bits per heavy atom. The van der Waals surface area contributed by atoms with Gasteiger partial charge in [0.15, 0.2) is 0 Å². The van der Waals surface area contributed by atoms with Crippen LogP contribution >= 0.6 is 0 Å². The molecular formula is C11H11FN2O3. The summed E-state index contributed by atoms with van der Waals surface area (Å²) in [6.07, 6.45) is 0. The average Bonchev–Trinajstić information content (AvgIpc) is 2.40. The first-order valence-electron chi connectivity index (χ1n) is 5.03. The van der Waals surface area contributed by atoms with Crippen LogP contribution in [0.5, 0.6) is 0 Å². The molecule has 0 N–H and O–H groups in total. The summed E-state index contributed by atoms with van der Waals surface area (Å²) < 4.78 is 13.3. The zero-order valence-electron chi connectivity index (χ0n) is 9.65. The van der Waals surface area contributed by atoms with Crippen LogP contribution in [0.15, 0.2) is 12.1 Å². The lowest BCUT2D eigenvalue weighted by Crippen LogP contribution is -2.33. The van der Waals surface area contributed by atoms with Gasteiger partial charge in [0.1, 0.15) is 11.5 Å². The first kappa shape index (κ1) is 11.5. The fourth-order valence-corrected chi connectivity index (χ4v) is 2.19. The summed E-state index contributed by atoms with van der Waals surface area (Å²) in [4.78, 5) is 23.4. The van der Waals surface area contributed by atoms with E-state index in [9.17, 15) is 19.3 Å². The molecule has 1 aromatic carbocycles. The molecule has 1 aliphatic rings. The molecule has 1 aliphatic heterocycles. The zero-order chi connectivity index (χ0) is 13.0. The van der Waals surface area contributed by atoms with E-state index < -0.39 is 16.2 Å². The molecule has 6 heteroatoms. The Bertz CT molecular complexity index is 540. The van der Waals surface area contributed by atoms with Crippen molar-refractivity contribution in [3.8, 4) is 0 Å². The van der Waals surface area contributed by atoms with Crippen LogP contribution in [-0.4, -0.2) is 17.9 Å². The molecule has 0 unspecified atom stereocenters. The molecule has 0 spiro atoms. The van der Waals surface area contributed by atoms with E-state index in [1.165, 1.54) is 18.0 Å². The van der Waals surface area contributed by atoms with Crippen molar-refractivity contribution < 1.29 is 14.1 Å². The number of hydrogen-bond donors (Lipinski definition) is 0. The van der Waals surface area contributed by atoms with E-state index in [0.717, 1.165) is 6.07 Å². The quantitative estimate of drug-likeness (QED) is 0.555. The fraction of sp³-hybridized carbons (Fsp3) is 0.364. The Kier molecular flexibility index (Phi) is 2.20. The average molecular weight is 238 g/mol. The summed E-state index contributed by atoms with van der Waals surface area (Å²) >= 11 is 0. The number of nitrogens with zero attached hydrogens (tertiary/aromatic N) is 2. The minimum atomic E-state index is -0.934. The van der Waals surface area contributed by atoms with Gasteiger partial charge in [-0.1, -0.05) is 0 Å². The standard InChI is InChI=1S/C11H11FN2O3/c1-11(2)7-4-6(12)5-8(14(16)17)9(7)13(3)10(11)15/h4-5H,1-3H3. The van der Waals surface area contributed by atoms with Crippen molar-refractivity contribution in [2.75, 3.05) is 11.9 Å². The van der Waals surface area contributed by atoms with E-state index in [1.54, 1.807) is 13.8 Å². The zero-order valence-corrected chi connectivity index (χ0v) is 9.65. The van der Waals surface area contributed by atoms with Crippen LogP contribution < -0.4 is 4.90 Å². The molecule has 5 nitrogen and oxygen atoms in total. The lowest BCUT2D eigenvalue weighted by molar-refractivity contribution is -0.384. The van der Waals surface area contributed by atoms with E-state index in [2.05, 4.69) is 0 Å². The summed E-state index contributed by atoms with van der Waals surface area (Å²) in [5, 5.41) is 10.9. The Balaban J connectivity index is 2.82. The van der Waals surface area contributed by atoms with E-state index in [1.807, 2.05) is 0 Å². The second-order valence-electron chi connectivity index (χ2n) is 4.57. The molecule has 1 heterocycles. The summed E-state index contributed by atoms with van der Waals surface area (Å²) in [6, 6.07) is 2.02. The lowest BCUT2D eigenvalue weighted by atomic mass is 9.86. The van der Waals surface area contributed by atoms with Gasteiger partial charge in [0.25, 0.3) is 5.69 Å². The second kappa shape index (κ2) is 3.26. The van der Waals surface area contributed by atoms with Crippen molar-refractivity contribution in [3.63, 3.8) is 0 Å². The molecule has 0 radical (unpaired) electrons. The first-order chi connectivity index (χ1) is 7.76. The molecule has 1 aromatic rings. The van der Waals surface area contributed by atoms with Crippen LogP contribution in [0, 0.1) is 15.9 Å². The molecule has 0 aliphatic carbocycles. The third kappa shape index (κ3) is 1.40. The number of rotatable bonds is 1. The molecular weight excluding hydrogens is 227 g/mol. The van der Waals surface area contributed by atoms with E-state index in [-0.39, 0.29) is 17.3 Å². The van der Waals surface area contributed by atoms with Crippen molar-refractivity contribution in [2.45, 2.75) is 19.3 Å². The Morgan fingerprint density at radius 2 is 2.00 bits per heavy atom. The molecule has 0 atom stereocenters. The molecule has 90 valence electrons. The molecule has 1 amide bonds. The van der Waals surface area contributed by atoms with Crippen LogP contribution in [-0.2, 0) is 10.2 Å². The number of likely N-dealkylation sites (N-methyl/N-ethyl adjacent to an activating group) is 1. The van der Waals surface area contributed by atoms with Crippen molar-refractivity contribution in [2.24, 2.45) is 0 Å². The van der Waals surface area contributed by atoms with E-state index >= 15 is 0 Å². The number of anilines is 1. The minimum Gasteiger partial charge on any atom is -0.309 e. The summed E-state index contributed by atoms with van der Waals surface area (Å²) in [7, 11) is 1.46. The van der Waals surface area contributed by atoms with Gasteiger partial charge in [-0.2, -0.15) is 0 Å². The lowest BCUT2D eigenvalue weighted by Gasteiger charge is -2.16. The predicted octanol–water partition coefficient (Wildman–Crippen LogP) is 1.99. The topological polar surface area (TPSA) is 63.5 Å². The van der Waals surface area contributed by atoms with Crippen LogP contribution in [0.1, 0.15) is 19.4 Å². The normalized spacial score (nSPS) is 17.2. The third-order valence-electron chi connectivity index (χ3n) is 3.10. The van der Waals surface area contributed by atoms with E-state index in [0.29, 0.717) is 5.56 Å². The van der Waals surface area contributed by atoms with Crippen molar-refractivity contribution in [1.82, 2.24) is 0 Å². The van der Waals surface area contributed by atoms with Crippen molar-refractivity contribution >= 4 is 17.3 Å². The molecule has 0 aromatic heterocycles. The maximum Gasteiger partial charge on any atom is 0.296 e. The predicted molar refractivity (Wildman–Crippen MR) is 59.5 cm³/mol. The Hall–Kier alpha value is -1.98. The number of nitro groups is 1. The minimum absolute atomic E-state index is 0.186. The van der Waals surface area contributed by atoms with Crippen LogP contribution in [0.4, 0.5) is 15.8 Å². The van der Waals surface area contributed by atoms with Crippen LogP contribution in [0.2, 0.25) is 0 Å². The summed E-state index contributed by atoms with van der Waals surface area (Å²) in [6.45, 7) is 3.25. The van der Waals surface area contributed by atoms with Gasteiger partial charge in [0.05, 0.1) is 16.4 Å². The van der Waals surface area contributed by atoms with Crippen LogP contribution in [0.25, 0.3) is 0 Å². The number of carbonyl (C=O) groups is 1. The maximum absolute atomic E-state index is 13.3. The second-order valence-corrected chi connectivity index (χ2v) is 4.57. The molecule has 0 fully saturated rings. The van der Waals surface area contributed by atoms with Gasteiger partial charge in [0.2, 0.25) is 5.91 Å².